The molecule has 4 heteroatoms. The quantitative estimate of drug-likeness (QED) is 0.692. The fourth-order valence-electron chi connectivity index (χ4n) is 0.680. The first-order chi connectivity index (χ1) is 5.18. The number of rotatable bonds is 2. The summed E-state index contributed by atoms with van der Waals surface area (Å²) in [4.78, 5) is 0. The van der Waals surface area contributed by atoms with Gasteiger partial charge in [-0.3, -0.25) is 4.57 Å². The van der Waals surface area contributed by atoms with E-state index < -0.39 is 8.03 Å². The smallest absolute Gasteiger partial charge is 0.233 e. The molecule has 0 spiro atoms. The number of hydrogen-bond donors (Lipinski definition) is 1. The van der Waals surface area contributed by atoms with Crippen molar-refractivity contribution < 1.29 is 14.2 Å². The van der Waals surface area contributed by atoms with E-state index in [0.29, 0.717) is 5.75 Å². The van der Waals surface area contributed by atoms with Gasteiger partial charge in [0.05, 0.1) is 0 Å². The van der Waals surface area contributed by atoms with Gasteiger partial charge in [-0.15, -0.1) is 0 Å². The predicted octanol–water partition coefficient (Wildman–Crippen LogP) is 1.88. The van der Waals surface area contributed by atoms with E-state index in [9.17, 15) is 4.57 Å². The summed E-state index contributed by atoms with van der Waals surface area (Å²) in [5.74, 6) is 0.697. The van der Waals surface area contributed by atoms with E-state index in [1.807, 2.05) is 0 Å². The second kappa shape index (κ2) is 3.44. The lowest BCUT2D eigenvalue weighted by molar-refractivity contribution is 0.472. The molecule has 1 rings (SSSR count). The van der Waals surface area contributed by atoms with Gasteiger partial charge in [-0.2, -0.15) is 0 Å². The second-order valence-corrected chi connectivity index (χ2v) is 3.27. The maximum absolute atomic E-state index is 10.6. The van der Waals surface area contributed by atoms with Crippen LogP contribution in [0.5, 0.6) is 11.5 Å². The Balaban J connectivity index is 2.74. The molecule has 1 unspecified atom stereocenters. The lowest BCUT2D eigenvalue weighted by Gasteiger charge is -2.00. The van der Waals surface area contributed by atoms with Crippen LogP contribution in [-0.4, -0.2) is 11.8 Å². The summed E-state index contributed by atoms with van der Waals surface area (Å²) < 4.78 is 15.5. The van der Waals surface area contributed by atoms with Gasteiger partial charge in [-0.05, 0) is 24.3 Å². The maximum Gasteiger partial charge on any atom is 0.233 e. The Morgan fingerprint density at radius 2 is 1.91 bits per heavy atom. The number of phenols is 1. The van der Waals surface area contributed by atoms with E-state index >= 15 is 0 Å². The molecular weight excluding hydrogens is 163 g/mol. The third-order valence-electron chi connectivity index (χ3n) is 1.10. The highest BCUT2D eigenvalue weighted by atomic mass is 31.1. The van der Waals surface area contributed by atoms with E-state index in [4.69, 9.17) is 9.63 Å². The van der Waals surface area contributed by atoms with Crippen molar-refractivity contribution >= 4 is 8.03 Å². The first kappa shape index (κ1) is 8.15. The first-order valence-corrected chi connectivity index (χ1v) is 4.97. The minimum atomic E-state index is -1.93. The van der Waals surface area contributed by atoms with Gasteiger partial charge in [0.1, 0.15) is 11.5 Å². The number of aromatic hydroxyl groups is 1. The van der Waals surface area contributed by atoms with Crippen LogP contribution in [0.25, 0.3) is 0 Å². The molecule has 1 atom stereocenters. The average Bonchev–Trinajstić information content (AvgIpc) is 1.93. The maximum atomic E-state index is 10.6. The molecule has 0 bridgehead atoms. The van der Waals surface area contributed by atoms with E-state index in [1.54, 1.807) is 12.1 Å². The van der Waals surface area contributed by atoms with Gasteiger partial charge in [0.2, 0.25) is 8.03 Å². The van der Waals surface area contributed by atoms with Gasteiger partial charge in [-0.1, -0.05) is 0 Å². The van der Waals surface area contributed by atoms with Crippen molar-refractivity contribution in [2.24, 2.45) is 0 Å². The van der Waals surface area contributed by atoms with Crippen molar-refractivity contribution in [1.29, 1.82) is 0 Å². The molecule has 60 valence electrons. The van der Waals surface area contributed by atoms with Crippen molar-refractivity contribution in [3.05, 3.63) is 24.3 Å². The fourth-order valence-corrected chi connectivity index (χ4v) is 1.15. The molecule has 0 heterocycles. The van der Waals surface area contributed by atoms with E-state index in [2.05, 4.69) is 0 Å². The Kier molecular flexibility index (Phi) is 2.55. The van der Waals surface area contributed by atoms with Gasteiger partial charge in [0.15, 0.2) is 0 Å². The molecular formula is C7H9O3P. The van der Waals surface area contributed by atoms with Crippen molar-refractivity contribution in [2.45, 2.75) is 0 Å². The largest absolute Gasteiger partial charge is 0.508 e. The molecule has 0 aliphatic carbocycles. The molecule has 0 radical (unpaired) electrons. The summed E-state index contributed by atoms with van der Waals surface area (Å²) in [6, 6.07) is 6.11. The van der Waals surface area contributed by atoms with E-state index in [-0.39, 0.29) is 5.75 Å². The molecule has 0 aliphatic heterocycles. The van der Waals surface area contributed by atoms with Crippen LogP contribution < -0.4 is 4.52 Å². The summed E-state index contributed by atoms with van der Waals surface area (Å²) in [5.41, 5.74) is 0. The van der Waals surface area contributed by atoms with Gasteiger partial charge in [0.25, 0.3) is 0 Å². The molecule has 1 aromatic rings. The molecule has 0 saturated heterocycles. The topological polar surface area (TPSA) is 46.5 Å². The van der Waals surface area contributed by atoms with Crippen molar-refractivity contribution in [3.63, 3.8) is 0 Å². The van der Waals surface area contributed by atoms with Crippen LogP contribution in [0.1, 0.15) is 0 Å². The number of benzene rings is 1. The molecule has 1 aromatic carbocycles. The normalized spacial score (nSPS) is 12.5. The zero-order valence-electron chi connectivity index (χ0n) is 6.07. The van der Waals surface area contributed by atoms with Crippen LogP contribution in [0.3, 0.4) is 0 Å². The van der Waals surface area contributed by atoms with Crippen LogP contribution in [0, 0.1) is 0 Å². The van der Waals surface area contributed by atoms with Crippen molar-refractivity contribution in [3.8, 4) is 11.5 Å². The molecule has 0 aliphatic rings. The minimum Gasteiger partial charge on any atom is -0.508 e. The van der Waals surface area contributed by atoms with E-state index in [1.165, 1.54) is 18.8 Å². The van der Waals surface area contributed by atoms with Crippen LogP contribution in [0.2, 0.25) is 0 Å². The molecule has 1 N–H and O–H groups in total. The monoisotopic (exact) mass is 172 g/mol. The van der Waals surface area contributed by atoms with Crippen LogP contribution in [0.4, 0.5) is 0 Å². The summed E-state index contributed by atoms with van der Waals surface area (Å²) >= 11 is 0. The Morgan fingerprint density at radius 1 is 1.36 bits per heavy atom. The number of phenolic OH excluding ortho intramolecular Hbond substituents is 1. The van der Waals surface area contributed by atoms with Gasteiger partial charge in [0, 0.05) is 6.66 Å². The summed E-state index contributed by atoms with van der Waals surface area (Å²) in [6.07, 6.45) is 0. The highest BCUT2D eigenvalue weighted by Crippen LogP contribution is 2.24. The Hall–Kier alpha value is -0.950. The Bertz CT molecular complexity index is 255. The van der Waals surface area contributed by atoms with Crippen LogP contribution >= 0.6 is 8.03 Å². The minimum absolute atomic E-state index is 0.174. The summed E-state index contributed by atoms with van der Waals surface area (Å²) in [5, 5.41) is 8.87. The third-order valence-corrected chi connectivity index (χ3v) is 1.62. The average molecular weight is 172 g/mol. The van der Waals surface area contributed by atoms with Crippen molar-refractivity contribution in [2.75, 3.05) is 6.66 Å². The highest BCUT2D eigenvalue weighted by Gasteiger charge is 1.94. The molecule has 0 saturated carbocycles. The van der Waals surface area contributed by atoms with Gasteiger partial charge < -0.3 is 9.63 Å². The summed E-state index contributed by atoms with van der Waals surface area (Å²) in [7, 11) is -1.93. The number of hydrogen-bond acceptors (Lipinski definition) is 3. The zero-order chi connectivity index (χ0) is 8.27. The third kappa shape index (κ3) is 2.64. The second-order valence-electron chi connectivity index (χ2n) is 2.09. The van der Waals surface area contributed by atoms with Gasteiger partial charge >= 0.3 is 0 Å². The molecule has 3 nitrogen and oxygen atoms in total. The van der Waals surface area contributed by atoms with Crippen molar-refractivity contribution in [1.82, 2.24) is 0 Å². The standard InChI is InChI=1S/C7H9O3P/c1-11(9)10-7-4-2-6(8)3-5-7/h2-5,8,11H,1H3. The SMILES string of the molecule is C[PH](=O)Oc1ccc(O)cc1. The first-order valence-electron chi connectivity index (χ1n) is 3.16. The van der Waals surface area contributed by atoms with Crippen LogP contribution in [0.15, 0.2) is 24.3 Å². The zero-order valence-corrected chi connectivity index (χ0v) is 7.07. The summed E-state index contributed by atoms with van der Waals surface area (Å²) in [6.45, 7) is 1.51. The lowest BCUT2D eigenvalue weighted by atomic mass is 10.3. The van der Waals surface area contributed by atoms with Crippen LogP contribution in [-0.2, 0) is 4.57 Å². The molecule has 0 fully saturated rings. The molecule has 11 heavy (non-hydrogen) atoms. The van der Waals surface area contributed by atoms with Gasteiger partial charge in [-0.25, -0.2) is 0 Å². The predicted molar refractivity (Wildman–Crippen MR) is 43.7 cm³/mol. The Morgan fingerprint density at radius 3 is 2.36 bits per heavy atom. The lowest BCUT2D eigenvalue weighted by Crippen LogP contribution is -1.77. The Labute approximate surface area is 65.5 Å². The fraction of sp³-hybridized carbons (Fsp3) is 0.143. The molecule has 0 aromatic heterocycles. The van der Waals surface area contributed by atoms with E-state index in [0.717, 1.165) is 0 Å². The highest BCUT2D eigenvalue weighted by molar-refractivity contribution is 7.38. The molecule has 0 amide bonds.